The van der Waals surface area contributed by atoms with Gasteiger partial charge in [-0.3, -0.25) is 4.98 Å². The molecule has 3 unspecified atom stereocenters. The number of nitriles is 1. The average Bonchev–Trinajstić information content (AvgIpc) is 3.22. The Morgan fingerprint density at radius 3 is 2.70 bits per heavy atom. The maximum atomic E-state index is 9.30. The van der Waals surface area contributed by atoms with E-state index in [2.05, 4.69) is 81.7 Å². The van der Waals surface area contributed by atoms with Gasteiger partial charge in [-0.05, 0) is 110 Å². The summed E-state index contributed by atoms with van der Waals surface area (Å²) in [6.45, 7) is 13.0. The maximum absolute atomic E-state index is 9.30. The molecule has 1 aliphatic carbocycles. The van der Waals surface area contributed by atoms with E-state index in [1.165, 1.54) is 45.4 Å². The molecule has 2 nitrogen and oxygen atoms in total. The van der Waals surface area contributed by atoms with Crippen molar-refractivity contribution >= 4 is 0 Å². The predicted octanol–water partition coefficient (Wildman–Crippen LogP) is 7.58. The van der Waals surface area contributed by atoms with Crippen molar-refractivity contribution in [1.82, 2.24) is 4.98 Å². The van der Waals surface area contributed by atoms with E-state index in [0.29, 0.717) is 11.8 Å². The Bertz CT molecular complexity index is 1210. The first kappa shape index (κ1) is 23.0. The molecule has 0 amide bonds. The van der Waals surface area contributed by atoms with Crippen LogP contribution in [0.15, 0.2) is 66.9 Å². The molecule has 0 aliphatic heterocycles. The zero-order valence-electron chi connectivity index (χ0n) is 20.4. The number of benzene rings is 2. The molecule has 1 aliphatic rings. The van der Waals surface area contributed by atoms with E-state index in [0.717, 1.165) is 30.5 Å². The van der Waals surface area contributed by atoms with Gasteiger partial charge in [0.15, 0.2) is 0 Å². The lowest BCUT2D eigenvalue weighted by molar-refractivity contribution is 0.452. The standard InChI is InChI=1S/C31H34N2/c1-20(2)15-30(28-12-8-24(19-32)16-21(28)3)27-10-9-25-11-13-29(31(25)18-27)22(4)17-26-7-6-14-33-23(26)5/h6-10,12,14,16,18,22,29-30H,1,11,13,15,17H2,2-5H3. The first-order valence-electron chi connectivity index (χ1n) is 12.1. The van der Waals surface area contributed by atoms with Crippen LogP contribution in [0.5, 0.6) is 0 Å². The fourth-order valence-electron chi connectivity index (χ4n) is 5.58. The fraction of sp³-hybridized carbons (Fsp3) is 0.355. The van der Waals surface area contributed by atoms with E-state index in [4.69, 9.17) is 0 Å². The van der Waals surface area contributed by atoms with Crippen LogP contribution in [-0.4, -0.2) is 4.98 Å². The number of hydrogen-bond donors (Lipinski definition) is 0. The predicted molar refractivity (Wildman–Crippen MR) is 137 cm³/mol. The summed E-state index contributed by atoms with van der Waals surface area (Å²) in [5.74, 6) is 1.41. The van der Waals surface area contributed by atoms with Gasteiger partial charge in [0.2, 0.25) is 0 Å². The molecule has 0 N–H and O–H groups in total. The van der Waals surface area contributed by atoms with Crippen molar-refractivity contribution in [3.63, 3.8) is 0 Å². The molecule has 2 heteroatoms. The monoisotopic (exact) mass is 434 g/mol. The third-order valence-electron chi connectivity index (χ3n) is 7.37. The quantitative estimate of drug-likeness (QED) is 0.359. The topological polar surface area (TPSA) is 36.7 Å². The normalized spacial score (nSPS) is 16.6. The Hall–Kier alpha value is -3.18. The van der Waals surface area contributed by atoms with Crippen molar-refractivity contribution in [2.75, 3.05) is 0 Å². The van der Waals surface area contributed by atoms with Crippen molar-refractivity contribution in [1.29, 1.82) is 5.26 Å². The lowest BCUT2D eigenvalue weighted by Gasteiger charge is -2.24. The molecule has 3 atom stereocenters. The molecule has 0 bridgehead atoms. The molecule has 0 fully saturated rings. The van der Waals surface area contributed by atoms with Crippen LogP contribution in [0.4, 0.5) is 0 Å². The van der Waals surface area contributed by atoms with E-state index in [-0.39, 0.29) is 5.92 Å². The largest absolute Gasteiger partial charge is 0.261 e. The highest BCUT2D eigenvalue weighted by Crippen LogP contribution is 2.42. The van der Waals surface area contributed by atoms with Gasteiger partial charge in [-0.15, -0.1) is 6.58 Å². The van der Waals surface area contributed by atoms with Crippen LogP contribution in [0, 0.1) is 31.1 Å². The van der Waals surface area contributed by atoms with E-state index in [1.807, 2.05) is 18.3 Å². The number of aryl methyl sites for hydroxylation is 3. The van der Waals surface area contributed by atoms with E-state index in [1.54, 1.807) is 0 Å². The summed E-state index contributed by atoms with van der Waals surface area (Å²) in [5.41, 5.74) is 11.3. The van der Waals surface area contributed by atoms with Gasteiger partial charge in [0.05, 0.1) is 11.6 Å². The smallest absolute Gasteiger partial charge is 0.0991 e. The van der Waals surface area contributed by atoms with E-state index >= 15 is 0 Å². The van der Waals surface area contributed by atoms with Crippen LogP contribution in [0.3, 0.4) is 0 Å². The first-order chi connectivity index (χ1) is 15.9. The third-order valence-corrected chi connectivity index (χ3v) is 7.37. The summed E-state index contributed by atoms with van der Waals surface area (Å²) in [4.78, 5) is 4.49. The number of allylic oxidation sites excluding steroid dienone is 1. The molecule has 33 heavy (non-hydrogen) atoms. The van der Waals surface area contributed by atoms with Crippen LogP contribution in [0.1, 0.15) is 83.2 Å². The highest BCUT2D eigenvalue weighted by atomic mass is 14.7. The second-order valence-electron chi connectivity index (χ2n) is 9.93. The summed E-state index contributed by atoms with van der Waals surface area (Å²) in [5, 5.41) is 9.30. The molecule has 168 valence electrons. The van der Waals surface area contributed by atoms with Gasteiger partial charge in [0.1, 0.15) is 0 Å². The molecule has 0 saturated heterocycles. The molecule has 3 aromatic rings. The lowest BCUT2D eigenvalue weighted by atomic mass is 9.80. The van der Waals surface area contributed by atoms with Crippen molar-refractivity contribution in [3.05, 3.63) is 112 Å². The Morgan fingerprint density at radius 2 is 2.00 bits per heavy atom. The molecular formula is C31H34N2. The van der Waals surface area contributed by atoms with Gasteiger partial charge in [-0.2, -0.15) is 5.26 Å². The highest BCUT2D eigenvalue weighted by molar-refractivity contribution is 5.47. The summed E-state index contributed by atoms with van der Waals surface area (Å²) in [6.07, 6.45) is 6.25. The Kier molecular flexibility index (Phi) is 6.80. The molecule has 4 rings (SSSR count). The molecule has 0 radical (unpaired) electrons. The fourth-order valence-corrected chi connectivity index (χ4v) is 5.58. The molecule has 0 saturated carbocycles. The minimum atomic E-state index is 0.262. The van der Waals surface area contributed by atoms with Gasteiger partial charge < -0.3 is 0 Å². The van der Waals surface area contributed by atoms with E-state index in [9.17, 15) is 5.26 Å². The maximum Gasteiger partial charge on any atom is 0.0991 e. The highest BCUT2D eigenvalue weighted by Gasteiger charge is 2.29. The van der Waals surface area contributed by atoms with Crippen LogP contribution in [0.2, 0.25) is 0 Å². The van der Waals surface area contributed by atoms with Gasteiger partial charge in [0, 0.05) is 17.8 Å². The molecule has 1 aromatic heterocycles. The number of nitrogens with zero attached hydrogens (tertiary/aromatic N) is 2. The third kappa shape index (κ3) is 4.93. The number of hydrogen-bond acceptors (Lipinski definition) is 2. The minimum Gasteiger partial charge on any atom is -0.261 e. The van der Waals surface area contributed by atoms with Gasteiger partial charge >= 0.3 is 0 Å². The second kappa shape index (κ2) is 9.75. The number of rotatable bonds is 7. The molecular weight excluding hydrogens is 400 g/mol. The zero-order valence-corrected chi connectivity index (χ0v) is 20.4. The van der Waals surface area contributed by atoms with Gasteiger partial charge in [-0.25, -0.2) is 0 Å². The number of fused-ring (bicyclic) bond motifs is 1. The summed E-state index contributed by atoms with van der Waals surface area (Å²) in [7, 11) is 0. The molecule has 0 spiro atoms. The lowest BCUT2D eigenvalue weighted by Crippen LogP contribution is -2.12. The van der Waals surface area contributed by atoms with Crippen LogP contribution >= 0.6 is 0 Å². The molecule has 1 heterocycles. The second-order valence-corrected chi connectivity index (χ2v) is 9.93. The average molecular weight is 435 g/mol. The van der Waals surface area contributed by atoms with Crippen LogP contribution in [0.25, 0.3) is 0 Å². The van der Waals surface area contributed by atoms with Crippen molar-refractivity contribution in [3.8, 4) is 6.07 Å². The van der Waals surface area contributed by atoms with Gasteiger partial charge in [-0.1, -0.05) is 42.8 Å². The number of aromatic nitrogens is 1. The van der Waals surface area contributed by atoms with Crippen molar-refractivity contribution in [2.45, 2.75) is 65.2 Å². The van der Waals surface area contributed by atoms with Crippen LogP contribution in [-0.2, 0) is 12.8 Å². The Morgan fingerprint density at radius 1 is 1.18 bits per heavy atom. The summed E-state index contributed by atoms with van der Waals surface area (Å²) < 4.78 is 0. The van der Waals surface area contributed by atoms with Gasteiger partial charge in [0.25, 0.3) is 0 Å². The summed E-state index contributed by atoms with van der Waals surface area (Å²) in [6, 6.07) is 19.8. The summed E-state index contributed by atoms with van der Waals surface area (Å²) >= 11 is 0. The van der Waals surface area contributed by atoms with Crippen molar-refractivity contribution in [2.24, 2.45) is 5.92 Å². The van der Waals surface area contributed by atoms with Crippen molar-refractivity contribution < 1.29 is 0 Å². The minimum absolute atomic E-state index is 0.262. The Balaban J connectivity index is 1.67. The van der Waals surface area contributed by atoms with E-state index < -0.39 is 0 Å². The Labute approximate surface area is 199 Å². The zero-order chi connectivity index (χ0) is 23.5. The van der Waals surface area contributed by atoms with Crippen LogP contribution < -0.4 is 0 Å². The number of pyridine rings is 1. The molecule has 2 aromatic carbocycles. The first-order valence-corrected chi connectivity index (χ1v) is 12.1. The SMILES string of the molecule is C=C(C)CC(c1ccc2c(c1)C(C(C)Cc1cccnc1C)CC2)c1ccc(C#N)cc1C.